The third-order valence-corrected chi connectivity index (χ3v) is 4.65. The number of rotatable bonds is 4. The molecule has 1 aliphatic heterocycles. The van der Waals surface area contributed by atoms with E-state index in [9.17, 15) is 23.7 Å². The molecule has 0 bridgehead atoms. The topological polar surface area (TPSA) is 113 Å². The number of esters is 1. The molecule has 10 heteroatoms. The van der Waals surface area contributed by atoms with E-state index < -0.39 is 33.9 Å². The maximum absolute atomic E-state index is 11.8. The number of nitro benzene ring substituents is 1. The Kier molecular flexibility index (Phi) is 5.12. The summed E-state index contributed by atoms with van der Waals surface area (Å²) in [5.41, 5.74) is -0.157. The average Bonchev–Trinajstić information content (AvgIpc) is 2.87. The molecule has 0 saturated carbocycles. The first-order valence-corrected chi connectivity index (χ1v) is 7.66. The van der Waals surface area contributed by atoms with Gasteiger partial charge in [-0.2, -0.15) is 0 Å². The number of carbonyl (C=O) groups excluding carboxylic acids is 1. The van der Waals surface area contributed by atoms with Gasteiger partial charge in [-0.1, -0.05) is 0 Å². The standard InChI is InChI=1S/C12H13ClN2O6S/c1-21-12(16)8-4-5-14(13)11(8)9-6-7(15(17)18)2-3-10(9)22(19)20/h2-3,6,8,11H,4-5H2,1H3,(H,19,20)/p-1. The molecule has 0 aliphatic carbocycles. The maximum Gasteiger partial charge on any atom is 0.310 e. The second kappa shape index (κ2) is 6.69. The summed E-state index contributed by atoms with van der Waals surface area (Å²) in [7, 11) is 1.22. The molecule has 0 radical (unpaired) electrons. The van der Waals surface area contributed by atoms with Crippen molar-refractivity contribution < 1.29 is 23.2 Å². The molecule has 1 aromatic rings. The van der Waals surface area contributed by atoms with Gasteiger partial charge in [-0.05, 0) is 40.9 Å². The molecular weight excluding hydrogens is 336 g/mol. The molecule has 0 spiro atoms. The first kappa shape index (κ1) is 16.8. The molecule has 22 heavy (non-hydrogen) atoms. The molecule has 1 saturated heterocycles. The second-order valence-electron chi connectivity index (χ2n) is 4.70. The number of ether oxygens (including phenoxy) is 1. The summed E-state index contributed by atoms with van der Waals surface area (Å²) in [6.07, 6.45) is 0.370. The van der Waals surface area contributed by atoms with E-state index >= 15 is 0 Å². The van der Waals surface area contributed by atoms with Gasteiger partial charge in [0, 0.05) is 23.6 Å². The lowest BCUT2D eigenvalue weighted by Crippen LogP contribution is -2.25. The van der Waals surface area contributed by atoms with Crippen molar-refractivity contribution in [3.63, 3.8) is 0 Å². The van der Waals surface area contributed by atoms with Crippen molar-refractivity contribution in [2.75, 3.05) is 13.7 Å². The van der Waals surface area contributed by atoms with E-state index in [1.165, 1.54) is 11.5 Å². The van der Waals surface area contributed by atoms with Gasteiger partial charge in [0.1, 0.15) is 0 Å². The Hall–Kier alpha value is -1.55. The second-order valence-corrected chi connectivity index (χ2v) is 6.04. The summed E-state index contributed by atoms with van der Waals surface area (Å²) >= 11 is 3.46. The zero-order chi connectivity index (χ0) is 16.4. The van der Waals surface area contributed by atoms with Crippen LogP contribution in [0.1, 0.15) is 18.0 Å². The average molecular weight is 348 g/mol. The Balaban J connectivity index is 2.56. The molecule has 1 fully saturated rings. The predicted molar refractivity (Wildman–Crippen MR) is 75.7 cm³/mol. The number of nitro groups is 1. The summed E-state index contributed by atoms with van der Waals surface area (Å²) in [5.74, 6) is -1.23. The van der Waals surface area contributed by atoms with Gasteiger partial charge in [0.2, 0.25) is 0 Å². The molecule has 2 rings (SSSR count). The first-order valence-electron chi connectivity index (χ1n) is 6.24. The minimum atomic E-state index is -2.61. The highest BCUT2D eigenvalue weighted by Gasteiger charge is 2.41. The summed E-state index contributed by atoms with van der Waals surface area (Å²) in [6, 6.07) is 2.55. The number of hydrogen-bond donors (Lipinski definition) is 0. The van der Waals surface area contributed by atoms with Crippen LogP contribution in [-0.2, 0) is 20.6 Å². The molecule has 1 aromatic carbocycles. The van der Waals surface area contributed by atoms with E-state index in [1.54, 1.807) is 0 Å². The fourth-order valence-electron chi connectivity index (χ4n) is 2.55. The highest BCUT2D eigenvalue weighted by molar-refractivity contribution is 7.79. The molecular formula is C12H12ClN2O6S-. The van der Waals surface area contributed by atoms with Crippen molar-refractivity contribution in [2.24, 2.45) is 5.92 Å². The van der Waals surface area contributed by atoms with E-state index in [4.69, 9.17) is 16.5 Å². The van der Waals surface area contributed by atoms with Crippen molar-refractivity contribution in [1.82, 2.24) is 4.42 Å². The molecule has 8 nitrogen and oxygen atoms in total. The van der Waals surface area contributed by atoms with Gasteiger partial charge in [-0.3, -0.25) is 19.1 Å². The Labute approximate surface area is 133 Å². The highest BCUT2D eigenvalue weighted by Crippen LogP contribution is 2.42. The van der Waals surface area contributed by atoms with Crippen LogP contribution in [0.4, 0.5) is 5.69 Å². The van der Waals surface area contributed by atoms with Crippen LogP contribution in [0.25, 0.3) is 0 Å². The lowest BCUT2D eigenvalue weighted by molar-refractivity contribution is -0.385. The Morgan fingerprint density at radius 1 is 1.55 bits per heavy atom. The molecule has 0 aromatic heterocycles. The van der Waals surface area contributed by atoms with Gasteiger partial charge in [0.15, 0.2) is 0 Å². The van der Waals surface area contributed by atoms with Gasteiger partial charge in [0.05, 0.1) is 24.0 Å². The summed E-state index contributed by atoms with van der Waals surface area (Å²) in [4.78, 5) is 22.0. The van der Waals surface area contributed by atoms with Gasteiger partial charge >= 0.3 is 5.97 Å². The Morgan fingerprint density at radius 3 is 2.77 bits per heavy atom. The van der Waals surface area contributed by atoms with E-state index in [1.807, 2.05) is 0 Å². The van der Waals surface area contributed by atoms with E-state index in [0.717, 1.165) is 18.2 Å². The van der Waals surface area contributed by atoms with E-state index in [0.29, 0.717) is 13.0 Å². The minimum absolute atomic E-state index is 0.116. The van der Waals surface area contributed by atoms with E-state index in [-0.39, 0.29) is 16.1 Å². The van der Waals surface area contributed by atoms with Crippen LogP contribution in [-0.4, -0.2) is 37.7 Å². The van der Waals surface area contributed by atoms with Crippen LogP contribution in [0.5, 0.6) is 0 Å². The normalized spacial score (nSPS) is 23.2. The van der Waals surface area contributed by atoms with Crippen molar-refractivity contribution in [2.45, 2.75) is 17.4 Å². The molecule has 3 unspecified atom stereocenters. The summed E-state index contributed by atoms with van der Waals surface area (Å²) in [6.45, 7) is 0.333. The molecule has 1 aliphatic rings. The number of non-ortho nitro benzene ring substituents is 1. The Morgan fingerprint density at radius 2 is 2.23 bits per heavy atom. The van der Waals surface area contributed by atoms with Crippen LogP contribution in [0, 0.1) is 16.0 Å². The van der Waals surface area contributed by atoms with Crippen molar-refractivity contribution in [3.8, 4) is 0 Å². The van der Waals surface area contributed by atoms with Crippen molar-refractivity contribution in [1.29, 1.82) is 0 Å². The molecule has 3 atom stereocenters. The zero-order valence-electron chi connectivity index (χ0n) is 11.4. The lowest BCUT2D eigenvalue weighted by Gasteiger charge is -2.24. The molecule has 0 amide bonds. The largest absolute Gasteiger partial charge is 0.768 e. The van der Waals surface area contributed by atoms with Crippen LogP contribution in [0.3, 0.4) is 0 Å². The summed E-state index contributed by atoms with van der Waals surface area (Å²) in [5, 5.41) is 10.9. The van der Waals surface area contributed by atoms with Crippen LogP contribution in [0.2, 0.25) is 0 Å². The number of benzene rings is 1. The molecule has 0 N–H and O–H groups in total. The van der Waals surface area contributed by atoms with Gasteiger partial charge in [-0.15, -0.1) is 0 Å². The fraction of sp³-hybridized carbons (Fsp3) is 0.417. The molecule has 120 valence electrons. The minimum Gasteiger partial charge on any atom is -0.768 e. The van der Waals surface area contributed by atoms with Crippen LogP contribution >= 0.6 is 11.8 Å². The third-order valence-electron chi connectivity index (χ3n) is 3.54. The monoisotopic (exact) mass is 347 g/mol. The fourth-order valence-corrected chi connectivity index (χ4v) is 3.44. The number of nitrogens with zero attached hydrogens (tertiary/aromatic N) is 2. The van der Waals surface area contributed by atoms with Gasteiger partial charge in [0.25, 0.3) is 5.69 Å². The Bertz CT molecular complexity index is 640. The van der Waals surface area contributed by atoms with E-state index in [2.05, 4.69) is 0 Å². The third kappa shape index (κ3) is 3.12. The maximum atomic E-state index is 11.8. The smallest absolute Gasteiger partial charge is 0.310 e. The van der Waals surface area contributed by atoms with Crippen molar-refractivity contribution >= 4 is 34.5 Å². The molecule has 1 heterocycles. The predicted octanol–water partition coefficient (Wildman–Crippen LogP) is 1.52. The number of hydrogen-bond acceptors (Lipinski definition) is 7. The zero-order valence-corrected chi connectivity index (χ0v) is 13.0. The van der Waals surface area contributed by atoms with Gasteiger partial charge in [-0.25, -0.2) is 4.42 Å². The summed E-state index contributed by atoms with van der Waals surface area (Å²) < 4.78 is 28.7. The quantitative estimate of drug-likeness (QED) is 0.267. The SMILES string of the molecule is COC(=O)C1CCN(Cl)C1c1cc([N+](=O)[O-])ccc1S(=O)[O-]. The van der Waals surface area contributed by atoms with Crippen LogP contribution < -0.4 is 0 Å². The lowest BCUT2D eigenvalue weighted by atomic mass is 9.94. The van der Waals surface area contributed by atoms with Crippen LogP contribution in [0.15, 0.2) is 23.1 Å². The van der Waals surface area contributed by atoms with Gasteiger partial charge < -0.3 is 9.29 Å². The number of carbonyl (C=O) groups is 1. The number of methoxy groups -OCH3 is 1. The van der Waals surface area contributed by atoms with Crippen molar-refractivity contribution in [3.05, 3.63) is 33.9 Å². The first-order chi connectivity index (χ1) is 10.4. The highest BCUT2D eigenvalue weighted by atomic mass is 35.5. The number of halogens is 1.